The number of hydrogen-bond acceptors (Lipinski definition) is 3. The molecule has 0 aromatic heterocycles. The van der Waals surface area contributed by atoms with Gasteiger partial charge in [-0.15, -0.1) is 18.3 Å². The number of unbranched alkanes of at least 4 members (excludes halogenated alkanes) is 8. The highest BCUT2D eigenvalue weighted by atomic mass is 32.2. The normalized spacial score (nSPS) is 17.0. The van der Waals surface area contributed by atoms with E-state index in [-0.39, 0.29) is 5.91 Å². The minimum atomic E-state index is 0.209. The third kappa shape index (κ3) is 12.7. The van der Waals surface area contributed by atoms with Crippen LogP contribution >= 0.6 is 11.8 Å². The van der Waals surface area contributed by atoms with Crippen molar-refractivity contribution in [3.8, 4) is 0 Å². The summed E-state index contributed by atoms with van der Waals surface area (Å²) in [6.07, 6.45) is 22.9. The number of carbonyl (C=O) groups is 1. The van der Waals surface area contributed by atoms with Gasteiger partial charge in [-0.3, -0.25) is 9.79 Å². The maximum atomic E-state index is 11.9. The van der Waals surface area contributed by atoms with Gasteiger partial charge in [0, 0.05) is 25.4 Å². The molecule has 27 heavy (non-hydrogen) atoms. The molecular formula is C23H38N2OS. The lowest BCUT2D eigenvalue weighted by Crippen LogP contribution is -2.20. The van der Waals surface area contributed by atoms with Gasteiger partial charge in [0.2, 0.25) is 5.91 Å². The number of thioether (sulfide) groups is 1. The van der Waals surface area contributed by atoms with Crippen LogP contribution < -0.4 is 0 Å². The Balaban J connectivity index is 1.87. The molecule has 1 amide bonds. The average molecular weight is 391 g/mol. The smallest absolute Gasteiger partial charge is 0.226 e. The van der Waals surface area contributed by atoms with Crippen LogP contribution in [-0.2, 0) is 4.79 Å². The van der Waals surface area contributed by atoms with E-state index in [0.717, 1.165) is 25.0 Å². The van der Waals surface area contributed by atoms with Crippen LogP contribution in [0.4, 0.5) is 0 Å². The summed E-state index contributed by atoms with van der Waals surface area (Å²) in [5.41, 5.74) is 0. The summed E-state index contributed by atoms with van der Waals surface area (Å²) in [5.74, 6) is 1.33. The van der Waals surface area contributed by atoms with Crippen molar-refractivity contribution in [2.45, 2.75) is 83.6 Å². The van der Waals surface area contributed by atoms with Crippen LogP contribution in [0.25, 0.3) is 0 Å². The summed E-state index contributed by atoms with van der Waals surface area (Å²) in [6.45, 7) is 5.76. The number of amides is 1. The average Bonchev–Trinajstić information content (AvgIpc) is 3.07. The molecule has 1 heterocycles. The first-order valence-corrected chi connectivity index (χ1v) is 11.5. The fourth-order valence-electron chi connectivity index (χ4n) is 3.04. The van der Waals surface area contributed by atoms with E-state index in [0.29, 0.717) is 12.5 Å². The van der Waals surface area contributed by atoms with Crippen molar-refractivity contribution >= 4 is 22.7 Å². The number of allylic oxidation sites excluding steroid dienone is 3. The predicted octanol–water partition coefficient (Wildman–Crippen LogP) is 6.53. The molecule has 0 saturated heterocycles. The predicted molar refractivity (Wildman–Crippen MR) is 121 cm³/mol. The monoisotopic (exact) mass is 390 g/mol. The molecule has 152 valence electrons. The van der Waals surface area contributed by atoms with Crippen LogP contribution in [0.15, 0.2) is 42.1 Å². The van der Waals surface area contributed by atoms with Crippen molar-refractivity contribution < 1.29 is 4.79 Å². The van der Waals surface area contributed by atoms with Crippen LogP contribution in [0.3, 0.4) is 0 Å². The highest BCUT2D eigenvalue weighted by Crippen LogP contribution is 2.18. The Morgan fingerprint density at radius 3 is 2.44 bits per heavy atom. The first-order valence-electron chi connectivity index (χ1n) is 10.5. The third-order valence-corrected chi connectivity index (χ3v) is 5.74. The molecule has 1 unspecified atom stereocenters. The molecule has 0 N–H and O–H groups in total. The second kappa shape index (κ2) is 15.7. The molecule has 0 bridgehead atoms. The molecule has 0 radical (unpaired) electrons. The summed E-state index contributed by atoms with van der Waals surface area (Å²) in [5, 5.41) is 1.22. The van der Waals surface area contributed by atoms with Crippen molar-refractivity contribution in [3.63, 3.8) is 0 Å². The van der Waals surface area contributed by atoms with Gasteiger partial charge < -0.3 is 4.90 Å². The molecule has 0 aromatic rings. The van der Waals surface area contributed by atoms with Gasteiger partial charge in [-0.2, -0.15) is 0 Å². The molecule has 4 heteroatoms. The van der Waals surface area contributed by atoms with E-state index < -0.39 is 0 Å². The lowest BCUT2D eigenvalue weighted by molar-refractivity contribution is -0.127. The van der Waals surface area contributed by atoms with Gasteiger partial charge in [0.15, 0.2) is 0 Å². The first kappa shape index (κ1) is 23.7. The van der Waals surface area contributed by atoms with E-state index in [2.05, 4.69) is 30.6 Å². The molecule has 1 atom stereocenters. The van der Waals surface area contributed by atoms with Crippen LogP contribution in [0.2, 0.25) is 0 Å². The van der Waals surface area contributed by atoms with Crippen LogP contribution in [-0.4, -0.2) is 34.7 Å². The van der Waals surface area contributed by atoms with Gasteiger partial charge in [0.05, 0.1) is 11.1 Å². The topological polar surface area (TPSA) is 32.7 Å². The summed E-state index contributed by atoms with van der Waals surface area (Å²) in [6, 6.07) is 0.421. The zero-order chi connectivity index (χ0) is 19.7. The molecule has 1 rings (SSSR count). The zero-order valence-corrected chi connectivity index (χ0v) is 18.2. The van der Waals surface area contributed by atoms with Gasteiger partial charge in [0.25, 0.3) is 0 Å². The fraction of sp³-hybridized carbons (Fsp3) is 0.652. The maximum Gasteiger partial charge on any atom is 0.226 e. The third-order valence-electron chi connectivity index (χ3n) is 4.71. The van der Waals surface area contributed by atoms with Gasteiger partial charge >= 0.3 is 0 Å². The number of rotatable bonds is 15. The zero-order valence-electron chi connectivity index (χ0n) is 17.4. The summed E-state index contributed by atoms with van der Waals surface area (Å²) in [4.78, 5) is 18.2. The van der Waals surface area contributed by atoms with E-state index in [9.17, 15) is 4.79 Å². The van der Waals surface area contributed by atoms with E-state index in [1.54, 1.807) is 4.90 Å². The highest BCUT2D eigenvalue weighted by Gasteiger charge is 2.11. The Bertz CT molecular complexity index is 511. The maximum absolute atomic E-state index is 11.9. The Morgan fingerprint density at radius 2 is 1.81 bits per heavy atom. The minimum Gasteiger partial charge on any atom is -0.322 e. The van der Waals surface area contributed by atoms with Gasteiger partial charge in [0.1, 0.15) is 0 Å². The van der Waals surface area contributed by atoms with E-state index in [4.69, 9.17) is 0 Å². The minimum absolute atomic E-state index is 0.209. The second-order valence-corrected chi connectivity index (χ2v) is 8.45. The lowest BCUT2D eigenvalue weighted by atomic mass is 10.1. The van der Waals surface area contributed by atoms with Crippen molar-refractivity contribution in [1.82, 2.24) is 4.90 Å². The van der Waals surface area contributed by atoms with Gasteiger partial charge in [-0.25, -0.2) is 0 Å². The molecule has 0 saturated carbocycles. The molecular weight excluding hydrogens is 352 g/mol. The summed E-state index contributed by atoms with van der Waals surface area (Å²) in [7, 11) is 1.83. The molecule has 0 aromatic carbocycles. The van der Waals surface area contributed by atoms with Crippen molar-refractivity contribution in [1.29, 1.82) is 0 Å². The van der Waals surface area contributed by atoms with Crippen molar-refractivity contribution in [3.05, 3.63) is 37.1 Å². The fourth-order valence-corrected chi connectivity index (χ4v) is 3.85. The molecule has 3 nitrogen and oxygen atoms in total. The number of carbonyl (C=O) groups excluding carboxylic acids is 1. The molecule has 0 spiro atoms. The second-order valence-electron chi connectivity index (χ2n) is 7.24. The Labute approximate surface area is 171 Å². The Morgan fingerprint density at radius 1 is 1.15 bits per heavy atom. The van der Waals surface area contributed by atoms with E-state index in [1.165, 1.54) is 50.0 Å². The largest absolute Gasteiger partial charge is 0.322 e. The van der Waals surface area contributed by atoms with E-state index in [1.807, 2.05) is 37.2 Å². The van der Waals surface area contributed by atoms with Crippen LogP contribution in [0.5, 0.6) is 0 Å². The van der Waals surface area contributed by atoms with Gasteiger partial charge in [-0.1, -0.05) is 62.8 Å². The van der Waals surface area contributed by atoms with Gasteiger partial charge in [-0.05, 0) is 32.6 Å². The van der Waals surface area contributed by atoms with E-state index >= 15 is 0 Å². The standard InChI is InChI=1S/C23H38N2OS/c1-4-5-16-19-25(3)23(26)18-15-13-11-9-7-6-8-10-12-14-17-22-20-27-21(2)24-22/h4,14,16-17,19,22H,1,5-13,15,18,20H2,2-3H3. The van der Waals surface area contributed by atoms with Crippen molar-refractivity contribution in [2.75, 3.05) is 12.8 Å². The molecule has 1 aliphatic heterocycles. The molecule has 0 aliphatic carbocycles. The quantitative estimate of drug-likeness (QED) is 0.235. The number of hydrogen-bond donors (Lipinski definition) is 0. The SMILES string of the molecule is C=CCC=CN(C)C(=O)CCCCCCCCCCC=CC1CSC(C)=N1. The number of aliphatic imine (C=N–C) groups is 1. The Hall–Kier alpha value is -1.29. The lowest BCUT2D eigenvalue weighted by Gasteiger charge is -2.11. The van der Waals surface area contributed by atoms with Crippen LogP contribution in [0, 0.1) is 0 Å². The van der Waals surface area contributed by atoms with Crippen LogP contribution in [0.1, 0.15) is 77.6 Å². The highest BCUT2D eigenvalue weighted by molar-refractivity contribution is 8.14. The summed E-state index contributed by atoms with van der Waals surface area (Å²) >= 11 is 1.87. The van der Waals surface area contributed by atoms with Crippen molar-refractivity contribution in [2.24, 2.45) is 4.99 Å². The first-order chi connectivity index (χ1) is 13.1. The molecule has 1 aliphatic rings. The summed E-state index contributed by atoms with van der Waals surface area (Å²) < 4.78 is 0. The Kier molecular flexibility index (Phi) is 13.8. The molecule has 0 fully saturated rings. The number of nitrogens with zero attached hydrogens (tertiary/aromatic N) is 2.